The summed E-state index contributed by atoms with van der Waals surface area (Å²) in [6.07, 6.45) is 2.96. The summed E-state index contributed by atoms with van der Waals surface area (Å²) in [6.45, 7) is 0. The van der Waals surface area contributed by atoms with E-state index < -0.39 is 0 Å². The van der Waals surface area contributed by atoms with Crippen molar-refractivity contribution >= 4 is 17.6 Å². The minimum atomic E-state index is 0.374. The predicted molar refractivity (Wildman–Crippen MR) is 64.5 cm³/mol. The van der Waals surface area contributed by atoms with Crippen LogP contribution in [-0.2, 0) is 6.42 Å². The van der Waals surface area contributed by atoms with Crippen molar-refractivity contribution in [2.24, 2.45) is 17.2 Å². The maximum Gasteiger partial charge on any atom is 0.0611 e. The lowest BCUT2D eigenvalue weighted by Crippen LogP contribution is -2.15. The topological polar surface area (TPSA) is 102 Å². The van der Waals surface area contributed by atoms with Gasteiger partial charge in [-0.25, -0.2) is 0 Å². The summed E-state index contributed by atoms with van der Waals surface area (Å²) in [7, 11) is 0. The van der Waals surface area contributed by atoms with Crippen LogP contribution in [0.5, 0.6) is 0 Å². The second-order valence-corrected chi connectivity index (χ2v) is 3.79. The van der Waals surface area contributed by atoms with E-state index in [-0.39, 0.29) is 0 Å². The lowest BCUT2D eigenvalue weighted by atomic mass is 10.1. The molecule has 1 rings (SSSR count). The van der Waals surface area contributed by atoms with Crippen LogP contribution in [0.2, 0.25) is 0 Å². The smallest absolute Gasteiger partial charge is 0.0611 e. The molecule has 0 saturated heterocycles. The van der Waals surface area contributed by atoms with Gasteiger partial charge in [0.2, 0.25) is 0 Å². The quantitative estimate of drug-likeness (QED) is 0.450. The third-order valence-corrected chi connectivity index (χ3v) is 2.70. The van der Waals surface area contributed by atoms with Crippen molar-refractivity contribution in [1.29, 1.82) is 5.41 Å². The molecule has 0 bridgehead atoms. The summed E-state index contributed by atoms with van der Waals surface area (Å²) in [5, 5.41) is 11.1. The lowest BCUT2D eigenvalue weighted by molar-refractivity contribution is 1.06. The van der Waals surface area contributed by atoms with E-state index in [1.807, 2.05) is 16.8 Å². The summed E-state index contributed by atoms with van der Waals surface area (Å²) in [5.74, 6) is 0. The summed E-state index contributed by atoms with van der Waals surface area (Å²) < 4.78 is 0. The molecule has 0 spiro atoms. The van der Waals surface area contributed by atoms with Gasteiger partial charge in [-0.05, 0) is 22.4 Å². The zero-order valence-electron chi connectivity index (χ0n) is 8.23. The molecular weight excluding hydrogens is 208 g/mol. The van der Waals surface area contributed by atoms with Crippen molar-refractivity contribution in [1.82, 2.24) is 0 Å². The maximum absolute atomic E-state index is 7.09. The van der Waals surface area contributed by atoms with Gasteiger partial charge in [0, 0.05) is 30.1 Å². The molecule has 0 amide bonds. The second-order valence-electron chi connectivity index (χ2n) is 3.01. The highest BCUT2D eigenvalue weighted by molar-refractivity contribution is 7.07. The van der Waals surface area contributed by atoms with E-state index in [1.54, 1.807) is 11.3 Å². The largest absolute Gasteiger partial charge is 0.404 e. The van der Waals surface area contributed by atoms with E-state index in [1.165, 1.54) is 6.20 Å². The average molecular weight is 222 g/mol. The van der Waals surface area contributed by atoms with E-state index in [4.69, 9.17) is 22.6 Å². The normalized spacial score (nSPS) is 13.5. The van der Waals surface area contributed by atoms with Crippen LogP contribution in [0, 0.1) is 5.41 Å². The zero-order chi connectivity index (χ0) is 11.3. The highest BCUT2D eigenvalue weighted by atomic mass is 32.1. The average Bonchev–Trinajstić information content (AvgIpc) is 2.72. The van der Waals surface area contributed by atoms with Crippen LogP contribution in [-0.4, -0.2) is 6.21 Å². The van der Waals surface area contributed by atoms with Crippen LogP contribution in [0.15, 0.2) is 40.0 Å². The van der Waals surface area contributed by atoms with E-state index >= 15 is 0 Å². The number of allylic oxidation sites excluding steroid dienone is 2. The highest BCUT2D eigenvalue weighted by Crippen LogP contribution is 2.12. The van der Waals surface area contributed by atoms with Gasteiger partial charge in [0.25, 0.3) is 0 Å². The molecule has 1 heterocycles. The molecule has 1 aromatic heterocycles. The summed E-state index contributed by atoms with van der Waals surface area (Å²) in [5.41, 5.74) is 19.4. The third-order valence-electron chi connectivity index (χ3n) is 1.97. The van der Waals surface area contributed by atoms with Crippen molar-refractivity contribution in [3.63, 3.8) is 0 Å². The minimum Gasteiger partial charge on any atom is -0.404 e. The molecule has 0 aliphatic heterocycles. The van der Waals surface area contributed by atoms with Crippen molar-refractivity contribution in [3.8, 4) is 0 Å². The van der Waals surface area contributed by atoms with Crippen LogP contribution in [0.3, 0.4) is 0 Å². The Bertz CT molecular complexity index is 390. The van der Waals surface area contributed by atoms with Crippen LogP contribution in [0.1, 0.15) is 5.56 Å². The van der Waals surface area contributed by atoms with Crippen molar-refractivity contribution in [2.45, 2.75) is 6.42 Å². The molecular formula is C10H14N4S. The molecule has 0 aliphatic carbocycles. The first-order valence-electron chi connectivity index (χ1n) is 4.37. The monoisotopic (exact) mass is 222 g/mol. The fraction of sp³-hybridized carbons (Fsp3) is 0.100. The van der Waals surface area contributed by atoms with Gasteiger partial charge in [0.05, 0.1) is 5.70 Å². The Labute approximate surface area is 92.6 Å². The molecule has 0 fully saturated rings. The highest BCUT2D eigenvalue weighted by Gasteiger charge is 2.04. The van der Waals surface area contributed by atoms with Gasteiger partial charge in [-0.2, -0.15) is 11.3 Å². The van der Waals surface area contributed by atoms with Crippen molar-refractivity contribution < 1.29 is 0 Å². The van der Waals surface area contributed by atoms with Gasteiger partial charge in [0.15, 0.2) is 0 Å². The fourth-order valence-electron chi connectivity index (χ4n) is 1.11. The molecule has 4 nitrogen and oxygen atoms in total. The Balaban J connectivity index is 2.86. The Kier molecular flexibility index (Phi) is 3.93. The van der Waals surface area contributed by atoms with E-state index in [2.05, 4.69) is 0 Å². The molecule has 0 aromatic carbocycles. The molecule has 7 N–H and O–H groups in total. The Morgan fingerprint density at radius 2 is 2.20 bits per heavy atom. The third kappa shape index (κ3) is 2.85. The van der Waals surface area contributed by atoms with Crippen molar-refractivity contribution in [3.05, 3.63) is 45.6 Å². The molecule has 0 atom stereocenters. The van der Waals surface area contributed by atoms with Gasteiger partial charge in [0.1, 0.15) is 0 Å². The summed E-state index contributed by atoms with van der Waals surface area (Å²) >= 11 is 1.61. The van der Waals surface area contributed by atoms with Crippen LogP contribution in [0.25, 0.3) is 0 Å². The molecule has 15 heavy (non-hydrogen) atoms. The van der Waals surface area contributed by atoms with E-state index in [0.717, 1.165) is 11.8 Å². The number of thiophene rings is 1. The molecule has 0 aliphatic rings. The Morgan fingerprint density at radius 3 is 2.67 bits per heavy atom. The summed E-state index contributed by atoms with van der Waals surface area (Å²) in [4.78, 5) is 0. The van der Waals surface area contributed by atoms with Gasteiger partial charge >= 0.3 is 0 Å². The number of nitrogens with two attached hydrogens (primary N) is 3. The number of hydrogen-bond donors (Lipinski definition) is 4. The lowest BCUT2D eigenvalue weighted by Gasteiger charge is -2.06. The maximum atomic E-state index is 7.09. The van der Waals surface area contributed by atoms with Crippen LogP contribution < -0.4 is 17.2 Å². The molecule has 0 radical (unpaired) electrons. The number of rotatable bonds is 4. The van der Waals surface area contributed by atoms with Gasteiger partial charge in [-0.15, -0.1) is 0 Å². The first-order valence-corrected chi connectivity index (χ1v) is 5.31. The first kappa shape index (κ1) is 11.3. The first-order chi connectivity index (χ1) is 7.19. The van der Waals surface area contributed by atoms with Gasteiger partial charge < -0.3 is 22.6 Å². The SMILES string of the molecule is N=CC(=C/N)/C(N)=C(\N)Cc1ccsc1. The number of nitrogens with one attached hydrogen (secondary N) is 1. The summed E-state index contributed by atoms with van der Waals surface area (Å²) in [6, 6.07) is 1.99. The molecule has 5 heteroatoms. The molecule has 1 aromatic rings. The zero-order valence-corrected chi connectivity index (χ0v) is 9.05. The van der Waals surface area contributed by atoms with Crippen molar-refractivity contribution in [2.75, 3.05) is 0 Å². The Hall–Kier alpha value is -1.75. The van der Waals surface area contributed by atoms with E-state index in [0.29, 0.717) is 23.4 Å². The molecule has 80 valence electrons. The second kappa shape index (κ2) is 5.21. The molecule has 0 unspecified atom stereocenters. The van der Waals surface area contributed by atoms with Gasteiger partial charge in [-0.1, -0.05) is 0 Å². The Morgan fingerprint density at radius 1 is 1.47 bits per heavy atom. The standard InChI is InChI=1S/C10H14N4S/c11-4-8(5-12)10(14)9(13)3-7-1-2-15-6-7/h1-2,4-6,11H,3,12-14H2/b8-5-,10-9+,11-4?. The van der Waals surface area contributed by atoms with E-state index in [9.17, 15) is 0 Å². The fourth-order valence-corrected chi connectivity index (χ4v) is 1.78. The van der Waals surface area contributed by atoms with Crippen LogP contribution in [0.4, 0.5) is 0 Å². The molecule has 0 saturated carbocycles. The number of hydrogen-bond acceptors (Lipinski definition) is 5. The van der Waals surface area contributed by atoms with Gasteiger partial charge in [-0.3, -0.25) is 0 Å². The predicted octanol–water partition coefficient (Wildman–Crippen LogP) is 0.912. The minimum absolute atomic E-state index is 0.374. The van der Waals surface area contributed by atoms with Crippen LogP contribution >= 0.6 is 11.3 Å².